The third-order valence-electron chi connectivity index (χ3n) is 4.36. The SMILES string of the molecule is Cc1ccc(Oc2cccc(F)c2)cc1N(C)C(C(N)=O)c1ccccc1. The second-order valence-electron chi connectivity index (χ2n) is 6.33. The smallest absolute Gasteiger partial charge is 0.244 e. The quantitative estimate of drug-likeness (QED) is 0.696. The average molecular weight is 364 g/mol. The summed E-state index contributed by atoms with van der Waals surface area (Å²) in [5.74, 6) is 0.140. The molecule has 138 valence electrons. The maximum Gasteiger partial charge on any atom is 0.244 e. The van der Waals surface area contributed by atoms with Crippen LogP contribution in [-0.4, -0.2) is 13.0 Å². The van der Waals surface area contributed by atoms with Crippen LogP contribution in [0, 0.1) is 12.7 Å². The Morgan fingerprint density at radius 2 is 1.70 bits per heavy atom. The summed E-state index contributed by atoms with van der Waals surface area (Å²) in [5, 5.41) is 0. The summed E-state index contributed by atoms with van der Waals surface area (Å²) in [6.07, 6.45) is 0. The maximum atomic E-state index is 13.4. The number of hydrogen-bond acceptors (Lipinski definition) is 3. The number of benzene rings is 3. The van der Waals surface area contributed by atoms with E-state index in [1.54, 1.807) is 18.2 Å². The average Bonchev–Trinajstić information content (AvgIpc) is 2.64. The molecule has 3 aromatic carbocycles. The highest BCUT2D eigenvalue weighted by atomic mass is 19.1. The highest BCUT2D eigenvalue weighted by Crippen LogP contribution is 2.33. The van der Waals surface area contributed by atoms with Crippen LogP contribution < -0.4 is 15.4 Å². The molecule has 1 amide bonds. The van der Waals surface area contributed by atoms with Gasteiger partial charge in [-0.25, -0.2) is 4.39 Å². The highest BCUT2D eigenvalue weighted by molar-refractivity contribution is 5.85. The molecule has 0 aromatic heterocycles. The Hall–Kier alpha value is -3.34. The van der Waals surface area contributed by atoms with Crippen molar-refractivity contribution in [3.05, 3.63) is 89.7 Å². The molecule has 0 saturated carbocycles. The number of rotatable bonds is 6. The molecular formula is C22H21FN2O2. The lowest BCUT2D eigenvalue weighted by Gasteiger charge is -2.29. The number of nitrogens with zero attached hydrogens (tertiary/aromatic N) is 1. The Kier molecular flexibility index (Phi) is 5.41. The van der Waals surface area contributed by atoms with Crippen molar-refractivity contribution < 1.29 is 13.9 Å². The summed E-state index contributed by atoms with van der Waals surface area (Å²) >= 11 is 0. The molecule has 0 aliphatic heterocycles. The monoisotopic (exact) mass is 364 g/mol. The van der Waals surface area contributed by atoms with E-state index in [0.29, 0.717) is 11.5 Å². The van der Waals surface area contributed by atoms with Gasteiger partial charge in [-0.05, 0) is 36.2 Å². The van der Waals surface area contributed by atoms with Gasteiger partial charge < -0.3 is 15.4 Å². The van der Waals surface area contributed by atoms with Crippen LogP contribution in [0.15, 0.2) is 72.8 Å². The van der Waals surface area contributed by atoms with E-state index in [-0.39, 0.29) is 5.82 Å². The molecule has 0 aliphatic carbocycles. The number of likely N-dealkylation sites (N-methyl/N-ethyl adjacent to an activating group) is 1. The molecule has 0 radical (unpaired) electrons. The van der Waals surface area contributed by atoms with Crippen LogP contribution >= 0.6 is 0 Å². The molecule has 3 rings (SSSR count). The van der Waals surface area contributed by atoms with E-state index in [0.717, 1.165) is 16.8 Å². The summed E-state index contributed by atoms with van der Waals surface area (Å²) in [6, 6.07) is 20.2. The van der Waals surface area contributed by atoms with Gasteiger partial charge in [0.15, 0.2) is 0 Å². The number of carbonyl (C=O) groups is 1. The standard InChI is InChI=1S/C22H21FN2O2/c1-15-11-12-19(27-18-10-6-9-17(23)13-18)14-20(15)25(2)21(22(24)26)16-7-4-3-5-8-16/h3-14,21H,1-2H3,(H2,24,26). The van der Waals surface area contributed by atoms with Crippen LogP contribution in [0.1, 0.15) is 17.2 Å². The molecule has 5 heteroatoms. The zero-order valence-electron chi connectivity index (χ0n) is 15.2. The number of nitrogens with two attached hydrogens (primary N) is 1. The predicted octanol–water partition coefficient (Wildman–Crippen LogP) is 4.59. The van der Waals surface area contributed by atoms with Gasteiger partial charge in [0, 0.05) is 24.9 Å². The molecule has 2 N–H and O–H groups in total. The van der Waals surface area contributed by atoms with E-state index in [4.69, 9.17) is 10.5 Å². The molecule has 4 nitrogen and oxygen atoms in total. The van der Waals surface area contributed by atoms with Crippen molar-refractivity contribution in [1.82, 2.24) is 0 Å². The Labute approximate surface area is 158 Å². The van der Waals surface area contributed by atoms with E-state index in [1.807, 2.05) is 61.3 Å². The minimum absolute atomic E-state index is 0.366. The number of primary amides is 1. The first-order chi connectivity index (χ1) is 13.0. The normalized spacial score (nSPS) is 11.7. The van der Waals surface area contributed by atoms with Crippen molar-refractivity contribution in [3.8, 4) is 11.5 Å². The molecule has 3 aromatic rings. The van der Waals surface area contributed by atoms with Crippen LogP contribution in [0.2, 0.25) is 0 Å². The minimum atomic E-state index is -0.616. The van der Waals surface area contributed by atoms with Gasteiger partial charge in [-0.3, -0.25) is 4.79 Å². The van der Waals surface area contributed by atoms with Gasteiger partial charge in [-0.2, -0.15) is 0 Å². The summed E-state index contributed by atoms with van der Waals surface area (Å²) in [5.41, 5.74) is 8.26. The second kappa shape index (κ2) is 7.91. The number of hydrogen-bond donors (Lipinski definition) is 1. The fourth-order valence-corrected chi connectivity index (χ4v) is 3.05. The maximum absolute atomic E-state index is 13.4. The van der Waals surface area contributed by atoms with Crippen molar-refractivity contribution in [2.24, 2.45) is 5.73 Å². The van der Waals surface area contributed by atoms with Gasteiger partial charge in [0.25, 0.3) is 0 Å². The Balaban J connectivity index is 1.94. The van der Waals surface area contributed by atoms with Gasteiger partial charge in [-0.1, -0.05) is 42.5 Å². The molecule has 27 heavy (non-hydrogen) atoms. The van der Waals surface area contributed by atoms with Crippen LogP contribution in [0.5, 0.6) is 11.5 Å². The molecule has 0 heterocycles. The number of ether oxygens (including phenoxy) is 1. The molecule has 1 atom stereocenters. The summed E-state index contributed by atoms with van der Waals surface area (Å²) < 4.78 is 19.2. The van der Waals surface area contributed by atoms with E-state index in [2.05, 4.69) is 0 Å². The molecule has 0 saturated heterocycles. The van der Waals surface area contributed by atoms with Gasteiger partial charge in [0.2, 0.25) is 5.91 Å². The van der Waals surface area contributed by atoms with E-state index < -0.39 is 11.9 Å². The first kappa shape index (κ1) is 18.5. The van der Waals surface area contributed by atoms with Crippen molar-refractivity contribution in [3.63, 3.8) is 0 Å². The number of carbonyl (C=O) groups excluding carboxylic acids is 1. The second-order valence-corrected chi connectivity index (χ2v) is 6.33. The molecule has 1 unspecified atom stereocenters. The lowest BCUT2D eigenvalue weighted by molar-refractivity contribution is -0.119. The predicted molar refractivity (Wildman–Crippen MR) is 104 cm³/mol. The van der Waals surface area contributed by atoms with Crippen molar-refractivity contribution in [1.29, 1.82) is 0 Å². The van der Waals surface area contributed by atoms with E-state index >= 15 is 0 Å². The van der Waals surface area contributed by atoms with Gasteiger partial charge >= 0.3 is 0 Å². The number of anilines is 1. The molecule has 0 bridgehead atoms. The summed E-state index contributed by atoms with van der Waals surface area (Å²) in [4.78, 5) is 14.0. The van der Waals surface area contributed by atoms with Crippen molar-refractivity contribution >= 4 is 11.6 Å². The zero-order valence-corrected chi connectivity index (χ0v) is 15.2. The highest BCUT2D eigenvalue weighted by Gasteiger charge is 2.24. The molecular weight excluding hydrogens is 343 g/mol. The third kappa shape index (κ3) is 4.26. The van der Waals surface area contributed by atoms with Crippen molar-refractivity contribution in [2.75, 3.05) is 11.9 Å². The molecule has 0 aliphatic rings. The topological polar surface area (TPSA) is 55.6 Å². The number of aryl methyl sites for hydroxylation is 1. The van der Waals surface area contributed by atoms with Gasteiger partial charge in [-0.15, -0.1) is 0 Å². The van der Waals surface area contributed by atoms with Gasteiger partial charge in [0.05, 0.1) is 0 Å². The Morgan fingerprint density at radius 3 is 2.37 bits per heavy atom. The molecule has 0 spiro atoms. The lowest BCUT2D eigenvalue weighted by atomic mass is 10.0. The summed E-state index contributed by atoms with van der Waals surface area (Å²) in [7, 11) is 1.82. The fourth-order valence-electron chi connectivity index (χ4n) is 3.05. The largest absolute Gasteiger partial charge is 0.457 e. The fraction of sp³-hybridized carbons (Fsp3) is 0.136. The van der Waals surface area contributed by atoms with Crippen molar-refractivity contribution in [2.45, 2.75) is 13.0 Å². The zero-order chi connectivity index (χ0) is 19.4. The summed E-state index contributed by atoms with van der Waals surface area (Å²) in [6.45, 7) is 1.95. The van der Waals surface area contributed by atoms with Crippen LogP contribution in [0.3, 0.4) is 0 Å². The van der Waals surface area contributed by atoms with Gasteiger partial charge in [0.1, 0.15) is 23.4 Å². The molecule has 0 fully saturated rings. The van der Waals surface area contributed by atoms with Crippen LogP contribution in [0.25, 0.3) is 0 Å². The third-order valence-corrected chi connectivity index (χ3v) is 4.36. The Bertz CT molecular complexity index is 944. The van der Waals surface area contributed by atoms with E-state index in [9.17, 15) is 9.18 Å². The number of halogens is 1. The van der Waals surface area contributed by atoms with Crippen LogP contribution in [0.4, 0.5) is 10.1 Å². The lowest BCUT2D eigenvalue weighted by Crippen LogP contribution is -2.35. The first-order valence-corrected chi connectivity index (χ1v) is 8.57. The van der Waals surface area contributed by atoms with Crippen LogP contribution in [-0.2, 0) is 4.79 Å². The first-order valence-electron chi connectivity index (χ1n) is 8.57. The number of amides is 1. The Morgan fingerprint density at radius 1 is 1.00 bits per heavy atom. The van der Waals surface area contributed by atoms with E-state index in [1.165, 1.54) is 12.1 Å². The minimum Gasteiger partial charge on any atom is -0.457 e.